The largest absolute Gasteiger partial charge is 0.236 e. The van der Waals surface area contributed by atoms with Gasteiger partial charge in [0.2, 0.25) is 0 Å². The topological polar surface area (TPSA) is 30.7 Å². The first-order valence-corrected chi connectivity index (χ1v) is 3.84. The summed E-state index contributed by atoms with van der Waals surface area (Å²) in [6.07, 6.45) is 3.65. The molecule has 0 aliphatic rings. The average Bonchev–Trinajstić information content (AvgIpc) is 2.32. The van der Waals surface area contributed by atoms with Crippen LogP contribution in [0.2, 0.25) is 0 Å². The van der Waals surface area contributed by atoms with E-state index in [0.29, 0.717) is 0 Å². The Bertz CT molecular complexity index is 393. The highest BCUT2D eigenvalue weighted by atomic mass is 31.0. The van der Waals surface area contributed by atoms with Crippen LogP contribution in [0.15, 0.2) is 18.5 Å². The summed E-state index contributed by atoms with van der Waals surface area (Å²) < 4.78 is 1.69. The molecule has 0 bridgehead atoms. The molecule has 2 heterocycles. The van der Waals surface area contributed by atoms with E-state index in [1.165, 1.54) is 0 Å². The SMILES string of the molecule is Cc1cnc2c(cnn2P)c1. The summed E-state index contributed by atoms with van der Waals surface area (Å²) in [6, 6.07) is 2.07. The van der Waals surface area contributed by atoms with Crippen LogP contribution in [0.4, 0.5) is 0 Å². The maximum Gasteiger partial charge on any atom is 0.160 e. The fraction of sp³-hybridized carbons (Fsp3) is 0.143. The Morgan fingerprint density at radius 1 is 1.45 bits per heavy atom. The van der Waals surface area contributed by atoms with Crippen molar-refractivity contribution in [2.24, 2.45) is 0 Å². The van der Waals surface area contributed by atoms with Crippen LogP contribution in [0.3, 0.4) is 0 Å². The summed E-state index contributed by atoms with van der Waals surface area (Å²) in [5.74, 6) is 0. The van der Waals surface area contributed by atoms with Crippen LogP contribution in [-0.2, 0) is 0 Å². The first-order valence-electron chi connectivity index (χ1n) is 3.33. The third kappa shape index (κ3) is 1.02. The van der Waals surface area contributed by atoms with Gasteiger partial charge in [-0.1, -0.05) is 0 Å². The first kappa shape index (κ1) is 6.74. The molecule has 0 radical (unpaired) electrons. The van der Waals surface area contributed by atoms with Crippen molar-refractivity contribution >= 4 is 20.4 Å². The van der Waals surface area contributed by atoms with Gasteiger partial charge in [0.25, 0.3) is 0 Å². The molecule has 0 saturated heterocycles. The van der Waals surface area contributed by atoms with E-state index in [1.807, 2.05) is 19.3 Å². The molecule has 3 nitrogen and oxygen atoms in total. The fourth-order valence-electron chi connectivity index (χ4n) is 1.05. The van der Waals surface area contributed by atoms with E-state index in [4.69, 9.17) is 0 Å². The number of nitrogens with zero attached hydrogens (tertiary/aromatic N) is 3. The smallest absolute Gasteiger partial charge is 0.160 e. The molecule has 1 atom stereocenters. The van der Waals surface area contributed by atoms with E-state index >= 15 is 0 Å². The molecule has 0 aliphatic carbocycles. The minimum Gasteiger partial charge on any atom is -0.236 e. The lowest BCUT2D eigenvalue weighted by atomic mass is 10.3. The maximum absolute atomic E-state index is 4.22. The molecule has 0 amide bonds. The molecule has 0 fully saturated rings. The first-order chi connectivity index (χ1) is 5.27. The van der Waals surface area contributed by atoms with Gasteiger partial charge in [0.1, 0.15) is 0 Å². The van der Waals surface area contributed by atoms with Gasteiger partial charge < -0.3 is 0 Å². The van der Waals surface area contributed by atoms with Gasteiger partial charge in [-0.25, -0.2) is 9.44 Å². The highest BCUT2D eigenvalue weighted by molar-refractivity contribution is 7.14. The zero-order valence-corrected chi connectivity index (χ0v) is 7.31. The van der Waals surface area contributed by atoms with Crippen LogP contribution in [0.1, 0.15) is 5.56 Å². The summed E-state index contributed by atoms with van der Waals surface area (Å²) in [4.78, 5) is 4.22. The fourth-order valence-corrected chi connectivity index (χ4v) is 1.33. The van der Waals surface area contributed by atoms with E-state index in [9.17, 15) is 0 Å². The number of aryl methyl sites for hydroxylation is 1. The molecule has 4 heteroatoms. The third-order valence-corrected chi connectivity index (χ3v) is 1.95. The van der Waals surface area contributed by atoms with E-state index in [2.05, 4.69) is 25.5 Å². The van der Waals surface area contributed by atoms with Crippen LogP contribution in [0, 0.1) is 6.92 Å². The van der Waals surface area contributed by atoms with Gasteiger partial charge in [-0.15, -0.1) is 0 Å². The summed E-state index contributed by atoms with van der Waals surface area (Å²) in [7, 11) is 2.49. The van der Waals surface area contributed by atoms with Gasteiger partial charge in [0.05, 0.1) is 6.20 Å². The van der Waals surface area contributed by atoms with Gasteiger partial charge in [0, 0.05) is 11.6 Å². The Balaban J connectivity index is 2.86. The second-order valence-corrected chi connectivity index (χ2v) is 3.00. The molecule has 0 spiro atoms. The second kappa shape index (κ2) is 2.28. The molecular weight excluding hydrogens is 157 g/mol. The van der Waals surface area contributed by atoms with Gasteiger partial charge in [-0.2, -0.15) is 5.10 Å². The van der Waals surface area contributed by atoms with Crippen molar-refractivity contribution < 1.29 is 0 Å². The Morgan fingerprint density at radius 2 is 2.27 bits per heavy atom. The minimum atomic E-state index is 0.903. The molecule has 2 aromatic rings. The lowest BCUT2D eigenvalue weighted by molar-refractivity contribution is 1.02. The average molecular weight is 165 g/mol. The minimum absolute atomic E-state index is 0.903. The molecule has 11 heavy (non-hydrogen) atoms. The normalized spacial score (nSPS) is 10.7. The van der Waals surface area contributed by atoms with Gasteiger partial charge in [-0.05, 0) is 27.9 Å². The summed E-state index contributed by atoms with van der Waals surface area (Å²) in [6.45, 7) is 2.02. The predicted octanol–water partition coefficient (Wildman–Crippen LogP) is 1.38. The van der Waals surface area contributed by atoms with Crippen LogP contribution in [-0.4, -0.2) is 14.5 Å². The van der Waals surface area contributed by atoms with Crippen molar-refractivity contribution in [2.45, 2.75) is 6.92 Å². The molecule has 0 N–H and O–H groups in total. The van der Waals surface area contributed by atoms with Crippen molar-refractivity contribution in [3.63, 3.8) is 0 Å². The van der Waals surface area contributed by atoms with Crippen LogP contribution < -0.4 is 0 Å². The highest BCUT2D eigenvalue weighted by Crippen LogP contribution is 2.13. The zero-order chi connectivity index (χ0) is 7.84. The Kier molecular flexibility index (Phi) is 1.40. The number of hydrogen-bond donors (Lipinski definition) is 0. The van der Waals surface area contributed by atoms with Gasteiger partial charge in [-0.3, -0.25) is 0 Å². The van der Waals surface area contributed by atoms with Gasteiger partial charge >= 0.3 is 0 Å². The van der Waals surface area contributed by atoms with Crippen molar-refractivity contribution in [2.75, 3.05) is 0 Å². The number of fused-ring (bicyclic) bond motifs is 1. The molecule has 0 aliphatic heterocycles. The Hall–Kier alpha value is -0.950. The van der Waals surface area contributed by atoms with E-state index in [1.54, 1.807) is 4.45 Å². The van der Waals surface area contributed by atoms with Crippen molar-refractivity contribution in [1.82, 2.24) is 14.5 Å². The second-order valence-electron chi connectivity index (χ2n) is 2.51. The zero-order valence-electron chi connectivity index (χ0n) is 6.15. The molecule has 0 saturated carbocycles. The molecule has 56 valence electrons. The molecule has 2 aromatic heterocycles. The van der Waals surface area contributed by atoms with Crippen molar-refractivity contribution in [3.8, 4) is 0 Å². The third-order valence-electron chi connectivity index (χ3n) is 1.57. The Labute approximate surface area is 66.7 Å². The number of aromatic nitrogens is 3. The number of pyridine rings is 1. The summed E-state index contributed by atoms with van der Waals surface area (Å²) in [5.41, 5.74) is 2.07. The molecule has 0 aromatic carbocycles. The Morgan fingerprint density at radius 3 is 3.09 bits per heavy atom. The molecule has 1 unspecified atom stereocenters. The van der Waals surface area contributed by atoms with E-state index in [-0.39, 0.29) is 0 Å². The number of hydrogen-bond acceptors (Lipinski definition) is 2. The quantitative estimate of drug-likeness (QED) is 0.552. The van der Waals surface area contributed by atoms with E-state index in [0.717, 1.165) is 16.6 Å². The lowest BCUT2D eigenvalue weighted by Crippen LogP contribution is -1.83. The standard InChI is InChI=1S/C7H8N3P/c1-5-2-6-4-9-10(11)7(6)8-3-5/h2-4H,11H2,1H3. The summed E-state index contributed by atoms with van der Waals surface area (Å²) in [5, 5.41) is 5.14. The molecule has 2 rings (SSSR count). The van der Waals surface area contributed by atoms with Crippen molar-refractivity contribution in [3.05, 3.63) is 24.0 Å². The van der Waals surface area contributed by atoms with Crippen molar-refractivity contribution in [1.29, 1.82) is 0 Å². The van der Waals surface area contributed by atoms with Crippen LogP contribution >= 0.6 is 9.39 Å². The molecular formula is C7H8N3P. The highest BCUT2D eigenvalue weighted by Gasteiger charge is 1.98. The van der Waals surface area contributed by atoms with Crippen LogP contribution in [0.5, 0.6) is 0 Å². The van der Waals surface area contributed by atoms with Gasteiger partial charge in [0.15, 0.2) is 5.65 Å². The lowest BCUT2D eigenvalue weighted by Gasteiger charge is -1.92. The monoisotopic (exact) mass is 165 g/mol. The maximum atomic E-state index is 4.22. The van der Waals surface area contributed by atoms with Crippen LogP contribution in [0.25, 0.3) is 11.0 Å². The number of rotatable bonds is 0. The van der Waals surface area contributed by atoms with E-state index < -0.39 is 0 Å². The summed E-state index contributed by atoms with van der Waals surface area (Å²) >= 11 is 0. The predicted molar refractivity (Wildman–Crippen MR) is 47.4 cm³/mol.